The maximum atomic E-state index is 12.9. The number of aliphatic hydroxyl groups excluding tert-OH is 2. The summed E-state index contributed by atoms with van der Waals surface area (Å²) in [6.45, 7) is 2.18. The van der Waals surface area contributed by atoms with Crippen LogP contribution in [0.2, 0.25) is 0 Å². The van der Waals surface area contributed by atoms with Crippen LogP contribution in [0, 0.1) is 0 Å². The van der Waals surface area contributed by atoms with Crippen molar-refractivity contribution < 1.29 is 29.2 Å². The molecule has 0 aliphatic carbocycles. The number of amides is 1. The molecular formula is C25H29NO6. The number of carbonyl (C=O) groups excluding carboxylic acids is 1. The number of rotatable bonds is 11. The highest BCUT2D eigenvalue weighted by atomic mass is 16.6. The highest BCUT2D eigenvalue weighted by Crippen LogP contribution is 2.30. The van der Waals surface area contributed by atoms with Crippen LogP contribution < -0.4 is 10.1 Å². The number of fused-ring (bicyclic) bond motifs is 1. The zero-order valence-corrected chi connectivity index (χ0v) is 18.1. The van der Waals surface area contributed by atoms with E-state index < -0.39 is 18.3 Å². The summed E-state index contributed by atoms with van der Waals surface area (Å²) in [6.07, 6.45) is -1.65. The summed E-state index contributed by atoms with van der Waals surface area (Å²) in [5.74, 6) is 0.541. The number of carbonyl (C=O) groups is 1. The van der Waals surface area contributed by atoms with Gasteiger partial charge < -0.3 is 24.4 Å². The van der Waals surface area contributed by atoms with Crippen LogP contribution in [-0.4, -0.2) is 48.8 Å². The lowest BCUT2D eigenvalue weighted by Crippen LogP contribution is -2.29. The Kier molecular flexibility index (Phi) is 8.86. The Morgan fingerprint density at radius 2 is 1.78 bits per heavy atom. The Bertz CT molecular complexity index is 997. The van der Waals surface area contributed by atoms with Crippen molar-refractivity contribution in [3.63, 3.8) is 0 Å². The van der Waals surface area contributed by atoms with E-state index in [0.29, 0.717) is 30.0 Å². The first-order valence-electron chi connectivity index (χ1n) is 10.7. The molecule has 3 aromatic rings. The molecule has 0 radical (unpaired) electrons. The van der Waals surface area contributed by atoms with Gasteiger partial charge in [0.05, 0.1) is 12.3 Å². The third kappa shape index (κ3) is 6.20. The number of anilines is 1. The van der Waals surface area contributed by atoms with E-state index in [2.05, 4.69) is 5.32 Å². The van der Waals surface area contributed by atoms with Gasteiger partial charge in [0.1, 0.15) is 18.5 Å². The first-order chi connectivity index (χ1) is 15.7. The SMILES string of the molecule is CCO[C@H](CCO)[C@H](OC(=O)Nc1cccc2ccccc12)c1cccc(OCCO)c1. The molecule has 0 fully saturated rings. The highest BCUT2D eigenvalue weighted by Gasteiger charge is 2.28. The third-order valence-corrected chi connectivity index (χ3v) is 4.94. The van der Waals surface area contributed by atoms with E-state index in [1.165, 1.54) is 0 Å². The van der Waals surface area contributed by atoms with Crippen molar-refractivity contribution in [3.05, 3.63) is 72.3 Å². The smallest absolute Gasteiger partial charge is 0.412 e. The van der Waals surface area contributed by atoms with Crippen molar-refractivity contribution in [1.82, 2.24) is 0 Å². The molecule has 0 spiro atoms. The Morgan fingerprint density at radius 3 is 2.56 bits per heavy atom. The fourth-order valence-corrected chi connectivity index (χ4v) is 3.56. The Hall–Kier alpha value is -3.13. The molecule has 170 valence electrons. The minimum absolute atomic E-state index is 0.107. The second-order valence-electron chi connectivity index (χ2n) is 7.13. The van der Waals surface area contributed by atoms with Gasteiger partial charge in [-0.05, 0) is 36.1 Å². The van der Waals surface area contributed by atoms with Crippen LogP contribution >= 0.6 is 0 Å². The molecule has 7 nitrogen and oxygen atoms in total. The van der Waals surface area contributed by atoms with Crippen molar-refractivity contribution >= 4 is 22.6 Å². The topological polar surface area (TPSA) is 97.2 Å². The predicted molar refractivity (Wildman–Crippen MR) is 123 cm³/mol. The lowest BCUT2D eigenvalue weighted by atomic mass is 10.0. The lowest BCUT2D eigenvalue weighted by Gasteiger charge is -2.27. The summed E-state index contributed by atoms with van der Waals surface area (Å²) in [6, 6.07) is 20.5. The quantitative estimate of drug-likeness (QED) is 0.412. The number of ether oxygens (including phenoxy) is 3. The minimum Gasteiger partial charge on any atom is -0.491 e. The van der Waals surface area contributed by atoms with Gasteiger partial charge in [0.2, 0.25) is 0 Å². The number of benzene rings is 3. The molecule has 0 heterocycles. The van der Waals surface area contributed by atoms with Crippen molar-refractivity contribution in [2.45, 2.75) is 25.6 Å². The first kappa shape index (κ1) is 23.5. The average molecular weight is 440 g/mol. The molecule has 32 heavy (non-hydrogen) atoms. The molecule has 0 saturated heterocycles. The van der Waals surface area contributed by atoms with E-state index in [1.807, 2.05) is 55.5 Å². The predicted octanol–water partition coefficient (Wildman–Crippen LogP) is 4.29. The molecule has 0 bridgehead atoms. The molecule has 3 N–H and O–H groups in total. The molecule has 0 aromatic heterocycles. The molecule has 0 aliphatic heterocycles. The van der Waals surface area contributed by atoms with Crippen molar-refractivity contribution in [2.24, 2.45) is 0 Å². The van der Waals surface area contributed by atoms with Gasteiger partial charge in [0.25, 0.3) is 0 Å². The second kappa shape index (κ2) is 12.0. The average Bonchev–Trinajstić information content (AvgIpc) is 2.81. The Labute approximate surface area is 187 Å². The molecule has 0 saturated carbocycles. The fraction of sp³-hybridized carbons (Fsp3) is 0.320. The summed E-state index contributed by atoms with van der Waals surface area (Å²) < 4.78 is 17.1. The fourth-order valence-electron chi connectivity index (χ4n) is 3.56. The van der Waals surface area contributed by atoms with Crippen LogP contribution in [0.4, 0.5) is 10.5 Å². The van der Waals surface area contributed by atoms with Crippen LogP contribution in [0.5, 0.6) is 5.75 Å². The van der Waals surface area contributed by atoms with Gasteiger partial charge in [-0.1, -0.05) is 48.5 Å². The van der Waals surface area contributed by atoms with Gasteiger partial charge in [-0.3, -0.25) is 5.32 Å². The molecule has 0 aliphatic rings. The molecule has 2 atom stereocenters. The largest absolute Gasteiger partial charge is 0.491 e. The Balaban J connectivity index is 1.85. The van der Waals surface area contributed by atoms with E-state index >= 15 is 0 Å². The monoisotopic (exact) mass is 439 g/mol. The van der Waals surface area contributed by atoms with Crippen molar-refractivity contribution in [2.75, 3.05) is 31.7 Å². The number of aliphatic hydroxyl groups is 2. The molecular weight excluding hydrogens is 410 g/mol. The molecule has 3 rings (SSSR count). The van der Waals surface area contributed by atoms with Gasteiger partial charge in [-0.25, -0.2) is 4.79 Å². The standard InChI is InChI=1S/C25H29NO6/c1-2-30-23(13-14-27)24(19-9-5-10-20(17-19)31-16-15-28)32-25(29)26-22-12-6-8-18-7-3-4-11-21(18)22/h3-12,17,23-24,27-28H,2,13-16H2,1H3,(H,26,29)/t23-,24-/m1/s1. The van der Waals surface area contributed by atoms with Crippen molar-refractivity contribution in [1.29, 1.82) is 0 Å². The van der Waals surface area contributed by atoms with Crippen LogP contribution in [0.1, 0.15) is 25.0 Å². The van der Waals surface area contributed by atoms with Gasteiger partial charge in [-0.15, -0.1) is 0 Å². The summed E-state index contributed by atoms with van der Waals surface area (Å²) in [4.78, 5) is 12.9. The summed E-state index contributed by atoms with van der Waals surface area (Å²) in [7, 11) is 0. The summed E-state index contributed by atoms with van der Waals surface area (Å²) in [5.41, 5.74) is 1.31. The zero-order chi connectivity index (χ0) is 22.8. The van der Waals surface area contributed by atoms with E-state index in [1.54, 1.807) is 18.2 Å². The van der Waals surface area contributed by atoms with Crippen LogP contribution in [0.15, 0.2) is 66.7 Å². The lowest BCUT2D eigenvalue weighted by molar-refractivity contribution is -0.0484. The summed E-state index contributed by atoms with van der Waals surface area (Å²) >= 11 is 0. The van der Waals surface area contributed by atoms with Crippen LogP contribution in [0.25, 0.3) is 10.8 Å². The van der Waals surface area contributed by atoms with Crippen molar-refractivity contribution in [3.8, 4) is 5.75 Å². The third-order valence-electron chi connectivity index (χ3n) is 4.94. The van der Waals surface area contributed by atoms with Crippen LogP contribution in [-0.2, 0) is 9.47 Å². The maximum Gasteiger partial charge on any atom is 0.412 e. The van der Waals surface area contributed by atoms with Gasteiger partial charge in [0, 0.05) is 25.0 Å². The normalized spacial score (nSPS) is 12.8. The molecule has 3 aromatic carbocycles. The molecule has 0 unspecified atom stereocenters. The molecule has 7 heteroatoms. The van der Waals surface area contributed by atoms with E-state index in [-0.39, 0.29) is 19.8 Å². The number of hydrogen-bond donors (Lipinski definition) is 3. The van der Waals surface area contributed by atoms with E-state index in [4.69, 9.17) is 19.3 Å². The second-order valence-corrected chi connectivity index (χ2v) is 7.13. The van der Waals surface area contributed by atoms with E-state index in [9.17, 15) is 9.90 Å². The number of nitrogens with one attached hydrogen (secondary N) is 1. The number of hydrogen-bond acceptors (Lipinski definition) is 6. The van der Waals surface area contributed by atoms with Gasteiger partial charge >= 0.3 is 6.09 Å². The summed E-state index contributed by atoms with van der Waals surface area (Å²) in [5, 5.41) is 23.3. The maximum absolute atomic E-state index is 12.9. The van der Waals surface area contributed by atoms with Crippen LogP contribution in [0.3, 0.4) is 0 Å². The van der Waals surface area contributed by atoms with E-state index in [0.717, 1.165) is 10.8 Å². The molecule has 1 amide bonds. The Morgan fingerprint density at radius 1 is 1.00 bits per heavy atom. The van der Waals surface area contributed by atoms with Gasteiger partial charge in [0.15, 0.2) is 6.10 Å². The highest BCUT2D eigenvalue weighted by molar-refractivity contribution is 6.00. The first-order valence-corrected chi connectivity index (χ1v) is 10.7. The minimum atomic E-state index is -0.769. The van der Waals surface area contributed by atoms with Gasteiger partial charge in [-0.2, -0.15) is 0 Å². The zero-order valence-electron chi connectivity index (χ0n) is 18.1.